The van der Waals surface area contributed by atoms with Gasteiger partial charge in [-0.1, -0.05) is 0 Å². The summed E-state index contributed by atoms with van der Waals surface area (Å²) in [6.45, 7) is 0. The lowest BCUT2D eigenvalue weighted by atomic mass is 10.8. The van der Waals surface area contributed by atoms with E-state index in [2.05, 4.69) is 20.9 Å². The van der Waals surface area contributed by atoms with Gasteiger partial charge in [0.25, 0.3) is 0 Å². The fraction of sp³-hybridized carbons (Fsp3) is 0.250. The van der Waals surface area contributed by atoms with E-state index in [1.54, 1.807) is 5.38 Å². The number of aromatic nitrogens is 1. The van der Waals surface area contributed by atoms with Crippen molar-refractivity contribution in [3.8, 4) is 0 Å². The molecule has 0 aliphatic heterocycles. The minimum atomic E-state index is -2.03. The zero-order valence-corrected chi connectivity index (χ0v) is 7.96. The van der Waals surface area contributed by atoms with Crippen molar-refractivity contribution in [1.82, 2.24) is 4.98 Å². The van der Waals surface area contributed by atoms with E-state index in [1.807, 2.05) is 0 Å². The molecule has 0 N–H and O–H groups in total. The lowest BCUT2D eigenvalue weighted by Gasteiger charge is -1.98. The molecule has 0 aliphatic rings. The molecule has 1 heterocycles. The van der Waals surface area contributed by atoms with Gasteiger partial charge in [-0.3, -0.25) is 4.21 Å². The molecule has 10 heavy (non-hydrogen) atoms. The molecule has 1 aromatic rings. The second kappa shape index (κ2) is 3.56. The SMILES string of the molecule is O=S([O-])Cc1nc(Br)cs1. The summed E-state index contributed by atoms with van der Waals surface area (Å²) in [6, 6.07) is 0. The summed E-state index contributed by atoms with van der Waals surface area (Å²) in [5, 5.41) is 2.36. The molecule has 0 saturated carbocycles. The van der Waals surface area contributed by atoms with Crippen molar-refractivity contribution in [3.05, 3.63) is 15.0 Å². The highest BCUT2D eigenvalue weighted by Gasteiger charge is 1.97. The van der Waals surface area contributed by atoms with Crippen LogP contribution < -0.4 is 0 Å². The zero-order valence-electron chi connectivity index (χ0n) is 4.74. The molecule has 0 saturated heterocycles. The molecule has 1 unspecified atom stereocenters. The van der Waals surface area contributed by atoms with Crippen molar-refractivity contribution in [3.63, 3.8) is 0 Å². The van der Waals surface area contributed by atoms with Gasteiger partial charge in [-0.2, -0.15) is 0 Å². The molecule has 0 fully saturated rings. The average molecular weight is 241 g/mol. The largest absolute Gasteiger partial charge is 0.772 e. The van der Waals surface area contributed by atoms with Crippen LogP contribution in [-0.4, -0.2) is 13.7 Å². The maximum Gasteiger partial charge on any atom is 0.117 e. The standard InChI is InChI=1S/C4H4BrNO2S2/c5-3-1-9-4(6-3)2-10(7)8/h1H,2H2,(H,7,8)/p-1. The smallest absolute Gasteiger partial charge is 0.117 e. The second-order valence-electron chi connectivity index (χ2n) is 1.51. The predicted molar refractivity (Wildman–Crippen MR) is 42.4 cm³/mol. The number of halogens is 1. The van der Waals surface area contributed by atoms with E-state index in [4.69, 9.17) is 0 Å². The minimum absolute atomic E-state index is 0.0102. The molecule has 1 rings (SSSR count). The monoisotopic (exact) mass is 240 g/mol. The van der Waals surface area contributed by atoms with Crippen molar-refractivity contribution in [1.29, 1.82) is 0 Å². The van der Waals surface area contributed by atoms with Crippen LogP contribution in [0.2, 0.25) is 0 Å². The summed E-state index contributed by atoms with van der Waals surface area (Å²) in [4.78, 5) is 3.89. The van der Waals surface area contributed by atoms with Gasteiger partial charge in [-0.05, 0) is 27.0 Å². The molecule has 0 aliphatic carbocycles. The third kappa shape index (κ3) is 2.45. The number of hydrogen-bond acceptors (Lipinski definition) is 4. The van der Waals surface area contributed by atoms with E-state index >= 15 is 0 Å². The van der Waals surface area contributed by atoms with E-state index in [-0.39, 0.29) is 5.75 Å². The number of nitrogens with zero attached hydrogens (tertiary/aromatic N) is 1. The third-order valence-electron chi connectivity index (χ3n) is 0.765. The van der Waals surface area contributed by atoms with Gasteiger partial charge in [0.1, 0.15) is 9.61 Å². The van der Waals surface area contributed by atoms with Crippen LogP contribution in [0.3, 0.4) is 0 Å². The highest BCUT2D eigenvalue weighted by molar-refractivity contribution is 9.10. The molecule has 0 aromatic carbocycles. The summed E-state index contributed by atoms with van der Waals surface area (Å²) < 4.78 is 21.0. The Bertz CT molecular complexity index is 249. The molecule has 56 valence electrons. The van der Waals surface area contributed by atoms with E-state index in [0.717, 1.165) is 0 Å². The average Bonchev–Trinajstić information content (AvgIpc) is 2.13. The fourth-order valence-electron chi connectivity index (χ4n) is 0.456. The Labute approximate surface area is 72.9 Å². The molecule has 3 nitrogen and oxygen atoms in total. The molecule has 0 spiro atoms. The highest BCUT2D eigenvalue weighted by atomic mass is 79.9. The number of rotatable bonds is 2. The van der Waals surface area contributed by atoms with Crippen molar-refractivity contribution < 1.29 is 8.76 Å². The molecular formula is C4H3BrNO2S2-. The van der Waals surface area contributed by atoms with E-state index in [1.165, 1.54) is 11.3 Å². The Morgan fingerprint density at radius 3 is 3.00 bits per heavy atom. The van der Waals surface area contributed by atoms with Crippen LogP contribution in [0.15, 0.2) is 9.98 Å². The van der Waals surface area contributed by atoms with Gasteiger partial charge in [-0.25, -0.2) is 4.98 Å². The summed E-state index contributed by atoms with van der Waals surface area (Å²) in [5.41, 5.74) is 0. The second-order valence-corrected chi connectivity index (χ2v) is 4.16. The highest BCUT2D eigenvalue weighted by Crippen LogP contribution is 2.15. The first kappa shape index (κ1) is 8.32. The van der Waals surface area contributed by atoms with Crippen LogP contribution in [0.1, 0.15) is 5.01 Å². The van der Waals surface area contributed by atoms with Crippen LogP contribution in [0.25, 0.3) is 0 Å². The van der Waals surface area contributed by atoms with Gasteiger partial charge < -0.3 is 4.55 Å². The predicted octanol–water partition coefficient (Wildman–Crippen LogP) is 1.28. The maximum absolute atomic E-state index is 10.1. The molecule has 6 heteroatoms. The first-order chi connectivity index (χ1) is 4.68. The van der Waals surface area contributed by atoms with Crippen LogP contribution in [0, 0.1) is 0 Å². The lowest BCUT2D eigenvalue weighted by Crippen LogP contribution is -1.91. The van der Waals surface area contributed by atoms with Gasteiger partial charge in [0.05, 0.1) is 5.75 Å². The summed E-state index contributed by atoms with van der Waals surface area (Å²) >= 11 is 2.42. The van der Waals surface area contributed by atoms with E-state index in [0.29, 0.717) is 9.61 Å². The number of hydrogen-bond donors (Lipinski definition) is 0. The Morgan fingerprint density at radius 2 is 2.60 bits per heavy atom. The Balaban J connectivity index is 2.67. The van der Waals surface area contributed by atoms with Crippen molar-refractivity contribution in [2.45, 2.75) is 5.75 Å². The maximum atomic E-state index is 10.1. The van der Waals surface area contributed by atoms with Crippen molar-refractivity contribution in [2.75, 3.05) is 0 Å². The van der Waals surface area contributed by atoms with E-state index in [9.17, 15) is 8.76 Å². The van der Waals surface area contributed by atoms with Gasteiger partial charge in [0, 0.05) is 5.38 Å². The van der Waals surface area contributed by atoms with Gasteiger partial charge in [0.15, 0.2) is 0 Å². The molecule has 0 amide bonds. The minimum Gasteiger partial charge on any atom is -0.772 e. The van der Waals surface area contributed by atoms with Crippen molar-refractivity contribution >= 4 is 38.3 Å². The Morgan fingerprint density at radius 1 is 1.90 bits per heavy atom. The fourth-order valence-corrected chi connectivity index (χ4v) is 2.33. The van der Waals surface area contributed by atoms with Gasteiger partial charge in [-0.15, -0.1) is 11.3 Å². The zero-order chi connectivity index (χ0) is 7.56. The quantitative estimate of drug-likeness (QED) is 0.733. The molecule has 0 bridgehead atoms. The van der Waals surface area contributed by atoms with Crippen LogP contribution in [0.5, 0.6) is 0 Å². The molecule has 1 aromatic heterocycles. The first-order valence-electron chi connectivity index (χ1n) is 2.34. The van der Waals surface area contributed by atoms with Crippen LogP contribution in [0.4, 0.5) is 0 Å². The molecule has 0 radical (unpaired) electrons. The lowest BCUT2D eigenvalue weighted by molar-refractivity contribution is 0.536. The summed E-state index contributed by atoms with van der Waals surface area (Å²) in [7, 11) is 0. The Hall–Kier alpha value is 0.220. The molecular weight excluding hydrogens is 238 g/mol. The van der Waals surface area contributed by atoms with Gasteiger partial charge in [0.2, 0.25) is 0 Å². The summed E-state index contributed by atoms with van der Waals surface area (Å²) in [6.07, 6.45) is 0. The first-order valence-corrected chi connectivity index (χ1v) is 5.26. The third-order valence-corrected chi connectivity index (χ3v) is 3.02. The summed E-state index contributed by atoms with van der Waals surface area (Å²) in [5.74, 6) is 0.0102. The molecule has 1 atom stereocenters. The number of thiazole rings is 1. The van der Waals surface area contributed by atoms with E-state index < -0.39 is 11.1 Å². The van der Waals surface area contributed by atoms with Gasteiger partial charge >= 0.3 is 0 Å². The Kier molecular flexibility index (Phi) is 2.96. The normalized spacial score (nSPS) is 13.4. The topological polar surface area (TPSA) is 53.0 Å². The van der Waals surface area contributed by atoms with Crippen LogP contribution >= 0.6 is 27.3 Å². The van der Waals surface area contributed by atoms with Crippen molar-refractivity contribution in [2.24, 2.45) is 0 Å². The van der Waals surface area contributed by atoms with Crippen LogP contribution in [-0.2, 0) is 16.8 Å².